The molecule has 1 aliphatic rings. The lowest BCUT2D eigenvalue weighted by molar-refractivity contribution is 0.233. The summed E-state index contributed by atoms with van der Waals surface area (Å²) in [6.07, 6.45) is 0. The largest absolute Gasteiger partial charge is 0.311 e. The van der Waals surface area contributed by atoms with E-state index in [9.17, 15) is 12.8 Å². The van der Waals surface area contributed by atoms with E-state index >= 15 is 0 Å². The molecule has 120 valence electrons. The molecule has 1 heterocycles. The van der Waals surface area contributed by atoms with Gasteiger partial charge in [0, 0.05) is 29.6 Å². The number of sulfonamides is 1. The van der Waals surface area contributed by atoms with Gasteiger partial charge in [-0.15, -0.1) is 12.4 Å². The Morgan fingerprint density at radius 1 is 1.43 bits per heavy atom. The topological polar surface area (TPSA) is 49.4 Å². The van der Waals surface area contributed by atoms with E-state index in [1.54, 1.807) is 0 Å². The number of nitrogens with zero attached hydrogens (tertiary/aromatic N) is 1. The molecule has 21 heavy (non-hydrogen) atoms. The standard InChI is InChI=1S/C12H15BrClFN2O2S.ClH/c1-7-8(2)17(4-3-16-7)20(18,19)12-10(13)5-9(15)6-11(12)14;/h5-8,16H,3-4H2,1-2H3;1H. The van der Waals surface area contributed by atoms with Gasteiger partial charge in [-0.2, -0.15) is 4.31 Å². The Bertz CT molecular complexity index is 607. The van der Waals surface area contributed by atoms with Gasteiger partial charge in [0.1, 0.15) is 10.7 Å². The fraction of sp³-hybridized carbons (Fsp3) is 0.500. The Morgan fingerprint density at radius 2 is 2.05 bits per heavy atom. The summed E-state index contributed by atoms with van der Waals surface area (Å²) >= 11 is 9.02. The van der Waals surface area contributed by atoms with Crippen molar-refractivity contribution in [2.75, 3.05) is 13.1 Å². The lowest BCUT2D eigenvalue weighted by Gasteiger charge is -2.37. The highest BCUT2D eigenvalue weighted by molar-refractivity contribution is 9.10. The Labute approximate surface area is 143 Å². The van der Waals surface area contributed by atoms with Crippen molar-refractivity contribution in [2.24, 2.45) is 0 Å². The monoisotopic (exact) mass is 420 g/mol. The molecule has 0 amide bonds. The summed E-state index contributed by atoms with van der Waals surface area (Å²) in [6, 6.07) is 1.95. The highest BCUT2D eigenvalue weighted by Gasteiger charge is 2.36. The van der Waals surface area contributed by atoms with Crippen LogP contribution in [-0.4, -0.2) is 37.9 Å². The summed E-state index contributed by atoms with van der Waals surface area (Å²) < 4.78 is 40.3. The molecule has 1 aromatic carbocycles. The second kappa shape index (κ2) is 7.10. The molecule has 0 radical (unpaired) electrons. The summed E-state index contributed by atoms with van der Waals surface area (Å²) in [7, 11) is -3.77. The van der Waals surface area contributed by atoms with Crippen LogP contribution in [0.25, 0.3) is 0 Å². The fourth-order valence-electron chi connectivity index (χ4n) is 2.26. The number of hydrogen-bond acceptors (Lipinski definition) is 3. The van der Waals surface area contributed by atoms with E-state index in [1.165, 1.54) is 4.31 Å². The molecule has 0 spiro atoms. The van der Waals surface area contributed by atoms with Crippen molar-refractivity contribution < 1.29 is 12.8 Å². The van der Waals surface area contributed by atoms with Crippen molar-refractivity contribution in [1.82, 2.24) is 9.62 Å². The van der Waals surface area contributed by atoms with E-state index in [0.717, 1.165) is 12.1 Å². The molecule has 0 saturated carbocycles. The van der Waals surface area contributed by atoms with E-state index in [1.807, 2.05) is 13.8 Å². The second-order valence-corrected chi connectivity index (χ2v) is 7.89. The summed E-state index contributed by atoms with van der Waals surface area (Å²) in [6.45, 7) is 4.68. The van der Waals surface area contributed by atoms with Crippen LogP contribution in [0.3, 0.4) is 0 Å². The third-order valence-corrected chi connectivity index (χ3v) is 6.89. The molecule has 0 aromatic heterocycles. The first-order valence-electron chi connectivity index (χ1n) is 6.15. The van der Waals surface area contributed by atoms with Crippen LogP contribution >= 0.6 is 39.9 Å². The van der Waals surface area contributed by atoms with Crippen LogP contribution in [0.1, 0.15) is 13.8 Å². The minimum Gasteiger partial charge on any atom is -0.311 e. The first-order chi connectivity index (χ1) is 9.25. The molecular formula is C12H16BrCl2FN2O2S. The smallest absolute Gasteiger partial charge is 0.246 e. The van der Waals surface area contributed by atoms with Crippen LogP contribution in [0.2, 0.25) is 5.02 Å². The number of hydrogen-bond donors (Lipinski definition) is 1. The minimum atomic E-state index is -3.77. The Morgan fingerprint density at radius 3 is 2.62 bits per heavy atom. The molecule has 1 fully saturated rings. The predicted octanol–water partition coefficient (Wildman–Crippen LogP) is 3.03. The van der Waals surface area contributed by atoms with E-state index in [-0.39, 0.29) is 38.9 Å². The van der Waals surface area contributed by atoms with Crippen LogP contribution < -0.4 is 5.32 Å². The van der Waals surface area contributed by atoms with Crippen molar-refractivity contribution in [3.8, 4) is 0 Å². The van der Waals surface area contributed by atoms with Gasteiger partial charge in [-0.25, -0.2) is 12.8 Å². The maximum Gasteiger partial charge on any atom is 0.246 e. The highest BCUT2D eigenvalue weighted by Crippen LogP contribution is 2.34. The van der Waals surface area contributed by atoms with Gasteiger partial charge in [0.15, 0.2) is 0 Å². The maximum absolute atomic E-state index is 13.2. The molecule has 1 aliphatic heterocycles. The van der Waals surface area contributed by atoms with Gasteiger partial charge in [-0.05, 0) is 41.9 Å². The van der Waals surface area contributed by atoms with Crippen molar-refractivity contribution in [2.45, 2.75) is 30.8 Å². The van der Waals surface area contributed by atoms with Crippen LogP contribution in [0, 0.1) is 5.82 Å². The molecule has 1 aromatic rings. The number of piperazine rings is 1. The Kier molecular flexibility index (Phi) is 6.47. The van der Waals surface area contributed by atoms with Gasteiger partial charge < -0.3 is 5.32 Å². The number of rotatable bonds is 2. The normalized spacial score (nSPS) is 23.7. The molecule has 0 aliphatic carbocycles. The van der Waals surface area contributed by atoms with Crippen LogP contribution in [-0.2, 0) is 10.0 Å². The van der Waals surface area contributed by atoms with Gasteiger partial charge in [-0.1, -0.05) is 11.6 Å². The van der Waals surface area contributed by atoms with E-state index < -0.39 is 15.8 Å². The zero-order chi connectivity index (χ0) is 15.1. The molecule has 2 unspecified atom stereocenters. The number of benzene rings is 1. The third kappa shape index (κ3) is 3.71. The number of nitrogens with one attached hydrogen (secondary N) is 1. The molecule has 4 nitrogen and oxygen atoms in total. The van der Waals surface area contributed by atoms with Gasteiger partial charge in [0.25, 0.3) is 0 Å². The lowest BCUT2D eigenvalue weighted by Crippen LogP contribution is -2.57. The molecule has 1 N–H and O–H groups in total. The molecule has 1 saturated heterocycles. The molecule has 0 bridgehead atoms. The molecular weight excluding hydrogens is 406 g/mol. The molecule has 2 rings (SSSR count). The molecule has 2 atom stereocenters. The van der Waals surface area contributed by atoms with E-state index in [0.29, 0.717) is 13.1 Å². The van der Waals surface area contributed by atoms with Gasteiger partial charge in [0.05, 0.1) is 5.02 Å². The summed E-state index contributed by atoms with van der Waals surface area (Å²) in [5, 5.41) is 3.10. The molecule has 9 heteroatoms. The zero-order valence-corrected chi connectivity index (χ0v) is 15.4. The van der Waals surface area contributed by atoms with Crippen molar-refractivity contribution in [1.29, 1.82) is 0 Å². The maximum atomic E-state index is 13.2. The quantitative estimate of drug-likeness (QED) is 0.798. The predicted molar refractivity (Wildman–Crippen MR) is 87.2 cm³/mol. The Hall–Kier alpha value is 0.0800. The third-order valence-electron chi connectivity index (χ3n) is 3.51. The van der Waals surface area contributed by atoms with Crippen molar-refractivity contribution >= 4 is 50.0 Å². The van der Waals surface area contributed by atoms with Gasteiger partial charge in [0.2, 0.25) is 10.0 Å². The first-order valence-corrected chi connectivity index (χ1v) is 8.76. The van der Waals surface area contributed by atoms with Crippen LogP contribution in [0.5, 0.6) is 0 Å². The summed E-state index contributed by atoms with van der Waals surface area (Å²) in [5.74, 6) is -0.581. The lowest BCUT2D eigenvalue weighted by atomic mass is 10.1. The van der Waals surface area contributed by atoms with E-state index in [2.05, 4.69) is 21.2 Å². The average Bonchev–Trinajstić information content (AvgIpc) is 2.30. The highest BCUT2D eigenvalue weighted by atomic mass is 79.9. The van der Waals surface area contributed by atoms with Crippen LogP contribution in [0.15, 0.2) is 21.5 Å². The van der Waals surface area contributed by atoms with Gasteiger partial charge in [-0.3, -0.25) is 0 Å². The fourth-order valence-corrected chi connectivity index (χ4v) is 5.71. The Balaban J connectivity index is 0.00000220. The van der Waals surface area contributed by atoms with Crippen molar-refractivity contribution in [3.63, 3.8) is 0 Å². The number of halogens is 4. The second-order valence-electron chi connectivity index (χ2n) is 4.80. The van der Waals surface area contributed by atoms with E-state index in [4.69, 9.17) is 11.6 Å². The SMILES string of the molecule is CC1NCCN(S(=O)(=O)c2c(Cl)cc(F)cc2Br)C1C.Cl. The summed E-state index contributed by atoms with van der Waals surface area (Å²) in [4.78, 5) is -0.0819. The average molecular weight is 422 g/mol. The van der Waals surface area contributed by atoms with Crippen molar-refractivity contribution in [3.05, 3.63) is 27.4 Å². The summed E-state index contributed by atoms with van der Waals surface area (Å²) in [5.41, 5.74) is 0. The minimum absolute atomic E-state index is 0. The zero-order valence-electron chi connectivity index (χ0n) is 11.4. The van der Waals surface area contributed by atoms with Gasteiger partial charge >= 0.3 is 0 Å². The van der Waals surface area contributed by atoms with Crippen LogP contribution in [0.4, 0.5) is 4.39 Å². The first kappa shape index (κ1) is 19.1.